The van der Waals surface area contributed by atoms with Crippen molar-refractivity contribution in [3.8, 4) is 0 Å². The van der Waals surface area contributed by atoms with Crippen LogP contribution in [0.1, 0.15) is 39.0 Å². The summed E-state index contributed by atoms with van der Waals surface area (Å²) in [5.41, 5.74) is 0. The molecule has 0 bridgehead atoms. The highest BCUT2D eigenvalue weighted by atomic mass is 16.2. The molecule has 1 unspecified atom stereocenters. The van der Waals surface area contributed by atoms with Gasteiger partial charge in [0.15, 0.2) is 0 Å². The quantitative estimate of drug-likeness (QED) is 0.861. The maximum absolute atomic E-state index is 12.0. The van der Waals surface area contributed by atoms with E-state index in [1.165, 1.54) is 25.7 Å². The van der Waals surface area contributed by atoms with Crippen LogP contribution in [0.25, 0.3) is 0 Å². The first-order valence-corrected chi connectivity index (χ1v) is 7.73. The predicted molar refractivity (Wildman–Crippen MR) is 79.4 cm³/mol. The van der Waals surface area contributed by atoms with Gasteiger partial charge < -0.3 is 5.32 Å². The maximum Gasteiger partial charge on any atom is 0.234 e. The summed E-state index contributed by atoms with van der Waals surface area (Å²) in [4.78, 5) is 14.3. The molecule has 1 aromatic rings. The van der Waals surface area contributed by atoms with Crippen molar-refractivity contribution in [2.75, 3.05) is 19.6 Å². The van der Waals surface area contributed by atoms with Gasteiger partial charge in [-0.3, -0.25) is 14.4 Å². The van der Waals surface area contributed by atoms with Crippen LogP contribution in [-0.2, 0) is 11.3 Å². The molecular weight excluding hydrogens is 252 g/mol. The van der Waals surface area contributed by atoms with Gasteiger partial charge in [-0.05, 0) is 45.3 Å². The van der Waals surface area contributed by atoms with Gasteiger partial charge in [-0.1, -0.05) is 12.8 Å². The van der Waals surface area contributed by atoms with Gasteiger partial charge in [0.05, 0.1) is 6.54 Å². The van der Waals surface area contributed by atoms with Gasteiger partial charge in [-0.2, -0.15) is 5.10 Å². The van der Waals surface area contributed by atoms with E-state index < -0.39 is 0 Å². The fourth-order valence-electron chi connectivity index (χ4n) is 2.65. The van der Waals surface area contributed by atoms with E-state index in [4.69, 9.17) is 0 Å². The van der Waals surface area contributed by atoms with Crippen LogP contribution in [0.2, 0.25) is 0 Å². The smallest absolute Gasteiger partial charge is 0.234 e. The lowest BCUT2D eigenvalue weighted by Gasteiger charge is -2.21. The third-order valence-corrected chi connectivity index (χ3v) is 3.82. The number of aryl methyl sites for hydroxylation is 1. The zero-order valence-corrected chi connectivity index (χ0v) is 12.4. The summed E-state index contributed by atoms with van der Waals surface area (Å²) in [5.74, 6) is 0.153. The van der Waals surface area contributed by atoms with E-state index >= 15 is 0 Å². The van der Waals surface area contributed by atoms with Gasteiger partial charge in [-0.25, -0.2) is 0 Å². The summed E-state index contributed by atoms with van der Waals surface area (Å²) in [6, 6.07) is 2.11. The zero-order valence-electron chi connectivity index (χ0n) is 12.4. The third-order valence-electron chi connectivity index (χ3n) is 3.82. The molecule has 112 valence electrons. The summed E-state index contributed by atoms with van der Waals surface area (Å²) in [6.07, 6.45) is 9.70. The average Bonchev–Trinajstić information content (AvgIpc) is 2.81. The molecule has 1 aliphatic heterocycles. The Labute approximate surface area is 121 Å². The minimum absolute atomic E-state index is 0.153. The predicted octanol–water partition coefficient (Wildman–Crippen LogP) is 1.65. The van der Waals surface area contributed by atoms with Crippen LogP contribution in [0.4, 0.5) is 0 Å². The fraction of sp³-hybridized carbons (Fsp3) is 0.733. The molecule has 2 rings (SSSR count). The Morgan fingerprint density at radius 3 is 2.70 bits per heavy atom. The number of carbonyl (C=O) groups is 1. The van der Waals surface area contributed by atoms with Crippen molar-refractivity contribution in [3.05, 3.63) is 18.5 Å². The van der Waals surface area contributed by atoms with Gasteiger partial charge in [-0.15, -0.1) is 0 Å². The summed E-state index contributed by atoms with van der Waals surface area (Å²) in [5, 5.41) is 7.26. The standard InChI is InChI=1S/C15H26N4O/c1-14(7-12-19-11-6-8-16-19)17-15(20)13-18-9-4-2-3-5-10-18/h6,8,11,14H,2-5,7,9-10,12-13H2,1H3,(H,17,20). The summed E-state index contributed by atoms with van der Waals surface area (Å²) in [7, 11) is 0. The number of carbonyl (C=O) groups excluding carboxylic acids is 1. The van der Waals surface area contributed by atoms with E-state index in [0.717, 1.165) is 26.1 Å². The summed E-state index contributed by atoms with van der Waals surface area (Å²) < 4.78 is 1.90. The Morgan fingerprint density at radius 1 is 1.30 bits per heavy atom. The highest BCUT2D eigenvalue weighted by Crippen LogP contribution is 2.09. The lowest BCUT2D eigenvalue weighted by Crippen LogP contribution is -2.41. The molecule has 1 N–H and O–H groups in total. The van der Waals surface area contributed by atoms with Gasteiger partial charge in [0.2, 0.25) is 5.91 Å². The second kappa shape index (κ2) is 8.04. The second-order valence-electron chi connectivity index (χ2n) is 5.72. The molecule has 1 saturated heterocycles. The summed E-state index contributed by atoms with van der Waals surface area (Å²) >= 11 is 0. The van der Waals surface area contributed by atoms with Crippen molar-refractivity contribution in [3.63, 3.8) is 0 Å². The highest BCUT2D eigenvalue weighted by molar-refractivity contribution is 5.78. The first kappa shape index (κ1) is 15.0. The Balaban J connectivity index is 1.65. The van der Waals surface area contributed by atoms with Crippen LogP contribution in [0, 0.1) is 0 Å². The van der Waals surface area contributed by atoms with Crippen LogP contribution in [0.5, 0.6) is 0 Å². The minimum atomic E-state index is 0.153. The Hall–Kier alpha value is -1.36. The first-order chi connectivity index (χ1) is 9.74. The summed E-state index contributed by atoms with van der Waals surface area (Å²) in [6.45, 7) is 5.58. The van der Waals surface area contributed by atoms with Crippen molar-refractivity contribution >= 4 is 5.91 Å². The van der Waals surface area contributed by atoms with Crippen molar-refractivity contribution < 1.29 is 4.79 Å². The van der Waals surface area contributed by atoms with Gasteiger partial charge in [0.1, 0.15) is 0 Å². The molecule has 2 heterocycles. The minimum Gasteiger partial charge on any atom is -0.352 e. The molecule has 1 aliphatic rings. The van der Waals surface area contributed by atoms with Gasteiger partial charge >= 0.3 is 0 Å². The molecule has 0 aliphatic carbocycles. The van der Waals surface area contributed by atoms with E-state index in [2.05, 4.69) is 22.2 Å². The van der Waals surface area contributed by atoms with Gasteiger partial charge in [0.25, 0.3) is 0 Å². The van der Waals surface area contributed by atoms with Crippen LogP contribution >= 0.6 is 0 Å². The number of hydrogen-bond acceptors (Lipinski definition) is 3. The van der Waals surface area contributed by atoms with E-state index in [-0.39, 0.29) is 11.9 Å². The molecule has 1 fully saturated rings. The highest BCUT2D eigenvalue weighted by Gasteiger charge is 2.14. The van der Waals surface area contributed by atoms with Crippen molar-refractivity contribution in [1.29, 1.82) is 0 Å². The Bertz CT molecular complexity index is 383. The number of rotatable bonds is 6. The van der Waals surface area contributed by atoms with Crippen LogP contribution < -0.4 is 5.32 Å². The molecule has 1 aromatic heterocycles. The topological polar surface area (TPSA) is 50.2 Å². The molecular formula is C15H26N4O. The zero-order chi connectivity index (χ0) is 14.2. The maximum atomic E-state index is 12.0. The number of likely N-dealkylation sites (tertiary alicyclic amines) is 1. The number of amides is 1. The van der Waals surface area contributed by atoms with Crippen LogP contribution in [-0.4, -0.2) is 46.3 Å². The molecule has 0 radical (unpaired) electrons. The monoisotopic (exact) mass is 278 g/mol. The average molecular weight is 278 g/mol. The first-order valence-electron chi connectivity index (χ1n) is 7.73. The molecule has 0 aromatic carbocycles. The largest absolute Gasteiger partial charge is 0.352 e. The molecule has 1 atom stereocenters. The van der Waals surface area contributed by atoms with Crippen LogP contribution in [0.3, 0.4) is 0 Å². The normalized spacial score (nSPS) is 18.4. The second-order valence-corrected chi connectivity index (χ2v) is 5.72. The lowest BCUT2D eigenvalue weighted by atomic mass is 10.2. The van der Waals surface area contributed by atoms with E-state index in [1.807, 2.05) is 16.9 Å². The number of aromatic nitrogens is 2. The molecule has 20 heavy (non-hydrogen) atoms. The van der Waals surface area contributed by atoms with Gasteiger partial charge in [0, 0.05) is 25.0 Å². The number of nitrogens with one attached hydrogen (secondary N) is 1. The molecule has 5 nitrogen and oxygen atoms in total. The Kier molecular flexibility index (Phi) is 6.05. The molecule has 5 heteroatoms. The third kappa shape index (κ3) is 5.33. The molecule has 0 saturated carbocycles. The van der Waals surface area contributed by atoms with Crippen LogP contribution in [0.15, 0.2) is 18.5 Å². The van der Waals surface area contributed by atoms with E-state index in [1.54, 1.807) is 6.20 Å². The van der Waals surface area contributed by atoms with E-state index in [0.29, 0.717) is 6.54 Å². The molecule has 1 amide bonds. The van der Waals surface area contributed by atoms with Crippen molar-refractivity contribution in [1.82, 2.24) is 20.0 Å². The number of nitrogens with zero attached hydrogens (tertiary/aromatic N) is 3. The van der Waals surface area contributed by atoms with E-state index in [9.17, 15) is 4.79 Å². The molecule has 0 spiro atoms. The van der Waals surface area contributed by atoms with Crippen molar-refractivity contribution in [2.24, 2.45) is 0 Å². The Morgan fingerprint density at radius 2 is 2.05 bits per heavy atom. The number of hydrogen-bond donors (Lipinski definition) is 1. The SMILES string of the molecule is CC(CCn1cccn1)NC(=O)CN1CCCCCC1. The fourth-order valence-corrected chi connectivity index (χ4v) is 2.65. The lowest BCUT2D eigenvalue weighted by molar-refractivity contribution is -0.122. The van der Waals surface area contributed by atoms with Crippen molar-refractivity contribution in [2.45, 2.75) is 51.6 Å².